The van der Waals surface area contributed by atoms with Crippen molar-refractivity contribution in [3.05, 3.63) is 60.8 Å². The van der Waals surface area contributed by atoms with Crippen molar-refractivity contribution in [3.63, 3.8) is 0 Å². The minimum atomic E-state index is -0.809. The number of carbonyl (C=O) groups excluding carboxylic acids is 3. The van der Waals surface area contributed by atoms with Gasteiger partial charge in [0.2, 0.25) is 0 Å². The molecule has 0 unspecified atom stereocenters. The zero-order valence-electron chi connectivity index (χ0n) is 43.0. The molecule has 0 bridgehead atoms. The molecular weight excluding hydrogens is 805 g/mol. The fourth-order valence-corrected chi connectivity index (χ4v) is 7.84. The number of unbranched alkanes of at least 4 members (excludes halogenated alkanes) is 29. The van der Waals surface area contributed by atoms with Crippen LogP contribution in [0.15, 0.2) is 60.8 Å². The summed E-state index contributed by atoms with van der Waals surface area (Å²) in [5, 5.41) is 0. The van der Waals surface area contributed by atoms with Crippen molar-refractivity contribution < 1.29 is 28.6 Å². The first-order valence-corrected chi connectivity index (χ1v) is 27.8. The number of hydrogen-bond donors (Lipinski definition) is 0. The number of carbonyl (C=O) groups is 3. The Labute approximate surface area is 402 Å². The smallest absolute Gasteiger partial charge is 0.306 e. The molecule has 65 heavy (non-hydrogen) atoms. The fraction of sp³-hybridized carbons (Fsp3) is 0.780. The molecule has 0 amide bonds. The molecule has 0 fully saturated rings. The second-order valence-electron chi connectivity index (χ2n) is 18.5. The van der Waals surface area contributed by atoms with Crippen LogP contribution in [0.4, 0.5) is 0 Å². The van der Waals surface area contributed by atoms with Crippen molar-refractivity contribution >= 4 is 17.9 Å². The fourth-order valence-electron chi connectivity index (χ4n) is 7.84. The summed E-state index contributed by atoms with van der Waals surface area (Å²) in [4.78, 5) is 38.0. The van der Waals surface area contributed by atoms with E-state index in [1.165, 1.54) is 167 Å². The second-order valence-corrected chi connectivity index (χ2v) is 18.5. The predicted molar refractivity (Wildman–Crippen MR) is 279 cm³/mol. The molecule has 6 nitrogen and oxygen atoms in total. The van der Waals surface area contributed by atoms with E-state index in [1.807, 2.05) is 6.08 Å². The van der Waals surface area contributed by atoms with Crippen LogP contribution in [-0.4, -0.2) is 37.2 Å². The molecule has 6 heteroatoms. The minimum Gasteiger partial charge on any atom is -0.462 e. The zero-order chi connectivity index (χ0) is 47.2. The highest BCUT2D eigenvalue weighted by molar-refractivity contribution is 5.71. The van der Waals surface area contributed by atoms with Crippen molar-refractivity contribution in [3.8, 4) is 0 Å². The molecule has 0 saturated heterocycles. The van der Waals surface area contributed by atoms with Crippen LogP contribution >= 0.6 is 0 Å². The topological polar surface area (TPSA) is 78.9 Å². The molecule has 0 N–H and O–H groups in total. The highest BCUT2D eigenvalue weighted by Crippen LogP contribution is 2.16. The Kier molecular flexibility index (Phi) is 51.3. The monoisotopic (exact) mass is 909 g/mol. The lowest BCUT2D eigenvalue weighted by Gasteiger charge is -2.18. The predicted octanol–water partition coefficient (Wildman–Crippen LogP) is 18.4. The van der Waals surface area contributed by atoms with Crippen LogP contribution in [0, 0.1) is 0 Å². The first kappa shape index (κ1) is 62.1. The lowest BCUT2D eigenvalue weighted by molar-refractivity contribution is -0.166. The molecule has 0 aliphatic carbocycles. The number of hydrogen-bond acceptors (Lipinski definition) is 6. The van der Waals surface area contributed by atoms with Gasteiger partial charge in [-0.25, -0.2) is 0 Å². The van der Waals surface area contributed by atoms with Gasteiger partial charge in [-0.2, -0.15) is 0 Å². The lowest BCUT2D eigenvalue weighted by Crippen LogP contribution is -2.30. The van der Waals surface area contributed by atoms with Crippen molar-refractivity contribution in [2.24, 2.45) is 0 Å². The van der Waals surface area contributed by atoms with E-state index in [4.69, 9.17) is 14.2 Å². The molecule has 0 spiro atoms. The van der Waals surface area contributed by atoms with Gasteiger partial charge in [-0.1, -0.05) is 261 Å². The maximum Gasteiger partial charge on any atom is 0.306 e. The minimum absolute atomic E-state index is 0.100. The summed E-state index contributed by atoms with van der Waals surface area (Å²) in [6.07, 6.45) is 66.5. The van der Waals surface area contributed by atoms with Crippen LogP contribution in [0.25, 0.3) is 0 Å². The van der Waals surface area contributed by atoms with Gasteiger partial charge in [0.15, 0.2) is 6.10 Å². The van der Waals surface area contributed by atoms with Gasteiger partial charge in [0.25, 0.3) is 0 Å². The van der Waals surface area contributed by atoms with E-state index in [9.17, 15) is 14.4 Å². The maximum atomic E-state index is 12.8. The van der Waals surface area contributed by atoms with Gasteiger partial charge >= 0.3 is 17.9 Å². The van der Waals surface area contributed by atoms with E-state index in [1.54, 1.807) is 0 Å². The second kappa shape index (κ2) is 53.7. The summed E-state index contributed by atoms with van der Waals surface area (Å²) >= 11 is 0. The normalized spacial score (nSPS) is 12.5. The highest BCUT2D eigenvalue weighted by atomic mass is 16.6. The van der Waals surface area contributed by atoms with Crippen LogP contribution in [-0.2, 0) is 28.6 Å². The molecule has 0 aromatic rings. The van der Waals surface area contributed by atoms with Crippen molar-refractivity contribution in [1.82, 2.24) is 0 Å². The molecule has 0 rings (SSSR count). The average Bonchev–Trinajstić information content (AvgIpc) is 3.30. The van der Waals surface area contributed by atoms with E-state index >= 15 is 0 Å². The van der Waals surface area contributed by atoms with E-state index in [0.29, 0.717) is 19.3 Å². The van der Waals surface area contributed by atoms with Gasteiger partial charge in [-0.05, 0) is 57.8 Å². The SMILES string of the molecule is CCCCC/C=C\C/C=C\C/C=C\C/C=C\C/C=C\CCC(=O)O[C@@H](COC(=O)CCCCCCCCCCCCC)COC(=O)CCCCCCCCCCCCCCCCCCC. The van der Waals surface area contributed by atoms with Gasteiger partial charge in [0.1, 0.15) is 13.2 Å². The van der Waals surface area contributed by atoms with Gasteiger partial charge in [0.05, 0.1) is 0 Å². The number of rotatable bonds is 50. The third-order valence-electron chi connectivity index (χ3n) is 12.0. The van der Waals surface area contributed by atoms with E-state index < -0.39 is 6.10 Å². The van der Waals surface area contributed by atoms with Gasteiger partial charge < -0.3 is 14.2 Å². The Morgan fingerprint density at radius 1 is 0.308 bits per heavy atom. The zero-order valence-corrected chi connectivity index (χ0v) is 43.0. The van der Waals surface area contributed by atoms with Crippen molar-refractivity contribution in [2.45, 2.75) is 284 Å². The first-order chi connectivity index (χ1) is 32.0. The maximum absolute atomic E-state index is 12.8. The molecule has 0 saturated carbocycles. The van der Waals surface area contributed by atoms with Crippen molar-refractivity contribution in [1.29, 1.82) is 0 Å². The Hall–Kier alpha value is -2.89. The summed E-state index contributed by atoms with van der Waals surface area (Å²) in [6, 6.07) is 0. The lowest BCUT2D eigenvalue weighted by atomic mass is 10.0. The molecule has 0 heterocycles. The van der Waals surface area contributed by atoms with Crippen LogP contribution in [0.2, 0.25) is 0 Å². The van der Waals surface area contributed by atoms with Crippen LogP contribution in [0.3, 0.4) is 0 Å². The molecular formula is C59H104O6. The van der Waals surface area contributed by atoms with Gasteiger partial charge in [0, 0.05) is 19.3 Å². The summed E-state index contributed by atoms with van der Waals surface area (Å²) in [5.74, 6) is -0.973. The number of ether oxygens (including phenoxy) is 3. The quantitative estimate of drug-likeness (QED) is 0.0262. The largest absolute Gasteiger partial charge is 0.462 e. The first-order valence-electron chi connectivity index (χ1n) is 27.8. The van der Waals surface area contributed by atoms with Crippen LogP contribution < -0.4 is 0 Å². The van der Waals surface area contributed by atoms with Gasteiger partial charge in [-0.15, -0.1) is 0 Å². The number of esters is 3. The van der Waals surface area contributed by atoms with Crippen LogP contribution in [0.5, 0.6) is 0 Å². The summed E-state index contributed by atoms with van der Waals surface area (Å²) in [5.41, 5.74) is 0. The van der Waals surface area contributed by atoms with E-state index in [0.717, 1.165) is 64.2 Å². The third-order valence-corrected chi connectivity index (χ3v) is 12.0. The number of allylic oxidation sites excluding steroid dienone is 10. The average molecular weight is 909 g/mol. The Morgan fingerprint density at radius 3 is 0.923 bits per heavy atom. The Balaban J connectivity index is 4.44. The highest BCUT2D eigenvalue weighted by Gasteiger charge is 2.19. The standard InChI is InChI=1S/C59H104O6/c1-4-7-10-13-16-19-22-24-26-28-29-31-33-35-38-41-44-47-50-53-59(62)65-56(54-63-57(60)51-48-45-42-39-36-21-18-15-12-9-6-3)55-64-58(61)52-49-46-43-40-37-34-32-30-27-25-23-20-17-14-11-8-5-2/h16,19,24,26,29,31,35,38,44,47,56H,4-15,17-18,20-23,25,27-28,30,32-34,36-37,39-43,45-46,48-55H2,1-3H3/b19-16-,26-24-,31-29-,38-35-,47-44-/t56-/m0/s1. The van der Waals surface area contributed by atoms with Crippen molar-refractivity contribution in [2.75, 3.05) is 13.2 Å². The summed E-state index contributed by atoms with van der Waals surface area (Å²) in [6.45, 7) is 6.57. The molecule has 0 radical (unpaired) electrons. The molecule has 1 atom stereocenters. The van der Waals surface area contributed by atoms with Gasteiger partial charge in [-0.3, -0.25) is 14.4 Å². The summed E-state index contributed by atoms with van der Waals surface area (Å²) in [7, 11) is 0. The Bertz CT molecular complexity index is 1180. The van der Waals surface area contributed by atoms with E-state index in [-0.39, 0.29) is 37.5 Å². The molecule has 0 aromatic carbocycles. The molecule has 376 valence electrons. The molecule has 0 aromatic heterocycles. The van der Waals surface area contributed by atoms with E-state index in [2.05, 4.69) is 75.5 Å². The Morgan fingerprint density at radius 2 is 0.585 bits per heavy atom. The third kappa shape index (κ3) is 51.9. The molecule has 0 aliphatic heterocycles. The molecule has 0 aliphatic rings. The summed E-state index contributed by atoms with van der Waals surface area (Å²) < 4.78 is 16.8. The van der Waals surface area contributed by atoms with Crippen LogP contribution in [0.1, 0.15) is 278 Å².